The van der Waals surface area contributed by atoms with Gasteiger partial charge in [0.25, 0.3) is 0 Å². The summed E-state index contributed by atoms with van der Waals surface area (Å²) in [6.07, 6.45) is 13.5. The van der Waals surface area contributed by atoms with E-state index in [9.17, 15) is 5.11 Å². The first kappa shape index (κ1) is 18.9. The smallest absolute Gasteiger partial charge is 0.106 e. The van der Waals surface area contributed by atoms with Gasteiger partial charge >= 0.3 is 0 Å². The van der Waals surface area contributed by atoms with Gasteiger partial charge in [-0.05, 0) is 6.42 Å². The highest BCUT2D eigenvalue weighted by atomic mass is 16.5. The predicted molar refractivity (Wildman–Crippen MR) is 79.0 cm³/mol. The third kappa shape index (κ3) is 17.9. The fourth-order valence-corrected chi connectivity index (χ4v) is 2.07. The van der Waals surface area contributed by atoms with Crippen molar-refractivity contribution in [2.75, 3.05) is 33.0 Å². The normalized spacial score (nSPS) is 11.1. The van der Waals surface area contributed by atoms with Crippen LogP contribution < -0.4 is 0 Å². The summed E-state index contributed by atoms with van der Waals surface area (Å²) in [7, 11) is 0. The maximum absolute atomic E-state index is 10.1. The summed E-state index contributed by atoms with van der Waals surface area (Å²) in [5, 5.41) is 10.1. The Balaban J connectivity index is 2.88. The molecule has 0 saturated heterocycles. The van der Waals surface area contributed by atoms with Gasteiger partial charge in [0.1, 0.15) is 6.61 Å². The summed E-state index contributed by atoms with van der Waals surface area (Å²) in [4.78, 5) is 0. The number of hydrogen-bond donors (Lipinski definition) is 0. The average molecular weight is 273 g/mol. The van der Waals surface area contributed by atoms with E-state index in [2.05, 4.69) is 6.92 Å². The maximum Gasteiger partial charge on any atom is 0.106 e. The zero-order chi connectivity index (χ0) is 14.0. The quantitative estimate of drug-likeness (QED) is 0.392. The van der Waals surface area contributed by atoms with Crippen LogP contribution in [0.25, 0.3) is 0 Å². The minimum absolute atomic E-state index is 0.154. The summed E-state index contributed by atoms with van der Waals surface area (Å²) in [5.41, 5.74) is 0. The second-order valence-electron chi connectivity index (χ2n) is 5.11. The molecule has 0 fully saturated rings. The maximum atomic E-state index is 10.1. The topological polar surface area (TPSA) is 38.4 Å². The van der Waals surface area contributed by atoms with Crippen LogP contribution in [0.3, 0.4) is 0 Å². The molecular weight excluding hydrogens is 240 g/mol. The lowest BCUT2D eigenvalue weighted by Gasteiger charge is -2.05. The zero-order valence-corrected chi connectivity index (χ0v) is 12.8. The molecule has 0 aliphatic carbocycles. The number of ether oxygens (including phenoxy) is 2. The van der Waals surface area contributed by atoms with E-state index in [1.54, 1.807) is 0 Å². The molecular formula is C16H33O3. The minimum Gasteiger partial charge on any atom is -0.379 e. The van der Waals surface area contributed by atoms with Gasteiger partial charge in [-0.25, -0.2) is 5.11 Å². The fraction of sp³-hybridized carbons (Fsp3) is 1.00. The minimum atomic E-state index is -0.154. The van der Waals surface area contributed by atoms with E-state index < -0.39 is 0 Å². The molecule has 0 atom stereocenters. The molecule has 0 aromatic heterocycles. The summed E-state index contributed by atoms with van der Waals surface area (Å²) in [5.74, 6) is 0. The van der Waals surface area contributed by atoms with Gasteiger partial charge < -0.3 is 9.47 Å². The molecule has 3 nitrogen and oxygen atoms in total. The van der Waals surface area contributed by atoms with Crippen molar-refractivity contribution in [3.8, 4) is 0 Å². The Labute approximate surface area is 119 Å². The van der Waals surface area contributed by atoms with Crippen LogP contribution in [-0.4, -0.2) is 33.0 Å². The van der Waals surface area contributed by atoms with Crippen molar-refractivity contribution in [2.24, 2.45) is 0 Å². The Morgan fingerprint density at radius 3 is 1.58 bits per heavy atom. The van der Waals surface area contributed by atoms with Gasteiger partial charge in [0.05, 0.1) is 19.8 Å². The van der Waals surface area contributed by atoms with Crippen molar-refractivity contribution in [1.29, 1.82) is 0 Å². The molecule has 0 N–H and O–H groups in total. The summed E-state index contributed by atoms with van der Waals surface area (Å²) < 4.78 is 10.5. The van der Waals surface area contributed by atoms with E-state index in [1.165, 1.54) is 57.8 Å². The van der Waals surface area contributed by atoms with Crippen molar-refractivity contribution in [1.82, 2.24) is 0 Å². The van der Waals surface area contributed by atoms with Crippen molar-refractivity contribution in [2.45, 2.75) is 71.1 Å². The summed E-state index contributed by atoms with van der Waals surface area (Å²) >= 11 is 0. The number of unbranched alkanes of at least 4 members (excludes halogenated alkanes) is 9. The Hall–Kier alpha value is -0.120. The van der Waals surface area contributed by atoms with Gasteiger partial charge in [-0.2, -0.15) is 0 Å². The van der Waals surface area contributed by atoms with Gasteiger partial charge in [-0.15, -0.1) is 0 Å². The zero-order valence-electron chi connectivity index (χ0n) is 12.8. The lowest BCUT2D eigenvalue weighted by Crippen LogP contribution is -2.07. The second kappa shape index (κ2) is 17.9. The largest absolute Gasteiger partial charge is 0.379 e. The van der Waals surface area contributed by atoms with Crippen LogP contribution in [0, 0.1) is 0 Å². The first-order valence-electron chi connectivity index (χ1n) is 8.15. The van der Waals surface area contributed by atoms with Crippen LogP contribution >= 0.6 is 0 Å². The highest BCUT2D eigenvalue weighted by molar-refractivity contribution is 4.47. The van der Waals surface area contributed by atoms with Crippen LogP contribution in [0.15, 0.2) is 0 Å². The molecule has 0 aromatic carbocycles. The third-order valence-corrected chi connectivity index (χ3v) is 3.24. The van der Waals surface area contributed by atoms with Gasteiger partial charge in [-0.1, -0.05) is 64.7 Å². The van der Waals surface area contributed by atoms with Crippen LogP contribution in [-0.2, 0) is 14.6 Å². The van der Waals surface area contributed by atoms with Gasteiger partial charge in [0.2, 0.25) is 0 Å². The van der Waals surface area contributed by atoms with Crippen molar-refractivity contribution < 1.29 is 14.6 Å². The Morgan fingerprint density at radius 2 is 1.05 bits per heavy atom. The molecule has 0 aliphatic rings. The third-order valence-electron chi connectivity index (χ3n) is 3.24. The molecule has 19 heavy (non-hydrogen) atoms. The van der Waals surface area contributed by atoms with Crippen LogP contribution in [0.4, 0.5) is 0 Å². The van der Waals surface area contributed by atoms with E-state index in [0.717, 1.165) is 13.0 Å². The van der Waals surface area contributed by atoms with Crippen LogP contribution in [0.5, 0.6) is 0 Å². The van der Waals surface area contributed by atoms with E-state index in [4.69, 9.17) is 9.47 Å². The average Bonchev–Trinajstić information content (AvgIpc) is 2.43. The summed E-state index contributed by atoms with van der Waals surface area (Å²) in [6.45, 7) is 4.42. The first-order chi connectivity index (χ1) is 9.41. The lowest BCUT2D eigenvalue weighted by molar-refractivity contribution is 0.0203. The molecule has 0 aliphatic heterocycles. The number of rotatable bonds is 16. The molecule has 0 bridgehead atoms. The first-order valence-corrected chi connectivity index (χ1v) is 8.15. The number of hydrogen-bond acceptors (Lipinski definition) is 2. The van der Waals surface area contributed by atoms with E-state index >= 15 is 0 Å². The SMILES string of the molecule is CCCCCCCCCCCCOCCOCC[O]. The Bertz CT molecular complexity index is 135. The fourth-order valence-electron chi connectivity index (χ4n) is 2.07. The molecule has 0 saturated carbocycles. The standard InChI is InChI=1S/C16H33O3/c1-2-3-4-5-6-7-8-9-10-11-13-18-15-16-19-14-12-17/h2-16H2,1H3. The van der Waals surface area contributed by atoms with E-state index in [1.807, 2.05) is 0 Å². The van der Waals surface area contributed by atoms with Crippen LogP contribution in [0.1, 0.15) is 71.1 Å². The molecule has 0 unspecified atom stereocenters. The van der Waals surface area contributed by atoms with Gasteiger partial charge in [-0.3, -0.25) is 0 Å². The highest BCUT2D eigenvalue weighted by Crippen LogP contribution is 2.10. The van der Waals surface area contributed by atoms with Crippen molar-refractivity contribution in [3.63, 3.8) is 0 Å². The second-order valence-corrected chi connectivity index (χ2v) is 5.11. The molecule has 0 heterocycles. The molecule has 0 rings (SSSR count). The van der Waals surface area contributed by atoms with Crippen LogP contribution in [0.2, 0.25) is 0 Å². The lowest BCUT2D eigenvalue weighted by atomic mass is 10.1. The van der Waals surface area contributed by atoms with Crippen molar-refractivity contribution in [3.05, 3.63) is 0 Å². The molecule has 3 heteroatoms. The molecule has 115 valence electrons. The Kier molecular flexibility index (Phi) is 17.8. The Morgan fingerprint density at radius 1 is 0.579 bits per heavy atom. The van der Waals surface area contributed by atoms with E-state index in [-0.39, 0.29) is 6.61 Å². The van der Waals surface area contributed by atoms with Gasteiger partial charge in [0.15, 0.2) is 0 Å². The monoisotopic (exact) mass is 273 g/mol. The molecule has 0 aromatic rings. The van der Waals surface area contributed by atoms with E-state index in [0.29, 0.717) is 19.8 Å². The molecule has 0 amide bonds. The van der Waals surface area contributed by atoms with Gasteiger partial charge in [0, 0.05) is 6.61 Å². The highest BCUT2D eigenvalue weighted by Gasteiger charge is 1.93. The van der Waals surface area contributed by atoms with Crippen molar-refractivity contribution >= 4 is 0 Å². The molecule has 0 spiro atoms. The summed E-state index contributed by atoms with van der Waals surface area (Å²) in [6, 6.07) is 0. The molecule has 1 radical (unpaired) electrons. The predicted octanol–water partition coefficient (Wildman–Crippen LogP) is 4.37.